The van der Waals surface area contributed by atoms with Crippen LogP contribution in [0.4, 0.5) is 0 Å². The Labute approximate surface area is 163 Å². The van der Waals surface area contributed by atoms with E-state index in [0.717, 1.165) is 45.1 Å². The summed E-state index contributed by atoms with van der Waals surface area (Å²) in [5.74, 6) is 0.885. The molecule has 1 unspecified atom stereocenters. The van der Waals surface area contributed by atoms with Crippen molar-refractivity contribution in [3.8, 4) is 0 Å². The molecule has 0 amide bonds. The standard InChI is InChI=1S/C19H29N3O.HI/c1-4-20-19(21-12-9-17-10-13-23-14-11-17)22-16(3)18-8-6-5-7-15(18)2;/h5-8,10,16H,4,9,11-14H2,1-3H3,(H2,20,21,22);1H. The molecule has 0 aliphatic carbocycles. The van der Waals surface area contributed by atoms with Crippen LogP contribution in [0.5, 0.6) is 0 Å². The average molecular weight is 443 g/mol. The van der Waals surface area contributed by atoms with Gasteiger partial charge in [0.25, 0.3) is 0 Å². The highest BCUT2D eigenvalue weighted by atomic mass is 127. The minimum Gasteiger partial charge on any atom is -0.377 e. The summed E-state index contributed by atoms with van der Waals surface area (Å²) in [5.41, 5.74) is 4.07. The van der Waals surface area contributed by atoms with E-state index in [1.54, 1.807) is 0 Å². The smallest absolute Gasteiger partial charge is 0.191 e. The summed E-state index contributed by atoms with van der Waals surface area (Å²) >= 11 is 0. The van der Waals surface area contributed by atoms with E-state index in [1.165, 1.54) is 16.7 Å². The second kappa shape index (κ2) is 11.5. The zero-order valence-corrected chi connectivity index (χ0v) is 17.3. The molecule has 134 valence electrons. The Balaban J connectivity index is 0.00000288. The van der Waals surface area contributed by atoms with Gasteiger partial charge in [0.2, 0.25) is 0 Å². The first-order valence-corrected chi connectivity index (χ1v) is 8.56. The van der Waals surface area contributed by atoms with Gasteiger partial charge in [-0.25, -0.2) is 0 Å². The fourth-order valence-electron chi connectivity index (χ4n) is 2.78. The molecular formula is C19H30IN3O. The van der Waals surface area contributed by atoms with Crippen LogP contribution >= 0.6 is 24.0 Å². The summed E-state index contributed by atoms with van der Waals surface area (Å²) in [5, 5.41) is 6.84. The van der Waals surface area contributed by atoms with Crippen LogP contribution in [0, 0.1) is 6.92 Å². The van der Waals surface area contributed by atoms with E-state index in [2.05, 4.69) is 61.7 Å². The van der Waals surface area contributed by atoms with E-state index in [4.69, 9.17) is 9.73 Å². The van der Waals surface area contributed by atoms with Crippen LogP contribution in [0.25, 0.3) is 0 Å². The van der Waals surface area contributed by atoms with E-state index >= 15 is 0 Å². The Morgan fingerprint density at radius 2 is 2.12 bits per heavy atom. The number of hydrogen-bond donors (Lipinski definition) is 2. The third-order valence-corrected chi connectivity index (χ3v) is 4.11. The second-order valence-electron chi connectivity index (χ2n) is 5.92. The molecule has 0 bridgehead atoms. The highest BCUT2D eigenvalue weighted by Crippen LogP contribution is 2.16. The van der Waals surface area contributed by atoms with E-state index < -0.39 is 0 Å². The van der Waals surface area contributed by atoms with E-state index in [9.17, 15) is 0 Å². The number of rotatable bonds is 6. The second-order valence-corrected chi connectivity index (χ2v) is 5.92. The maximum absolute atomic E-state index is 5.34. The van der Waals surface area contributed by atoms with Gasteiger partial charge in [-0.15, -0.1) is 24.0 Å². The van der Waals surface area contributed by atoms with Crippen molar-refractivity contribution in [2.45, 2.75) is 39.7 Å². The average Bonchev–Trinajstić information content (AvgIpc) is 2.56. The SMILES string of the molecule is CCNC(=NCCC1=CCOCC1)NC(C)c1ccccc1C.I. The fourth-order valence-corrected chi connectivity index (χ4v) is 2.78. The number of nitrogens with one attached hydrogen (secondary N) is 2. The third kappa shape index (κ3) is 6.81. The lowest BCUT2D eigenvalue weighted by Crippen LogP contribution is -2.39. The van der Waals surface area contributed by atoms with Gasteiger partial charge in [0, 0.05) is 13.1 Å². The number of nitrogens with zero attached hydrogens (tertiary/aromatic N) is 1. The topological polar surface area (TPSA) is 45.7 Å². The van der Waals surface area contributed by atoms with Crippen LogP contribution in [0.15, 0.2) is 40.9 Å². The summed E-state index contributed by atoms with van der Waals surface area (Å²) in [4.78, 5) is 4.72. The lowest BCUT2D eigenvalue weighted by molar-refractivity contribution is 0.153. The van der Waals surface area contributed by atoms with Crippen LogP contribution in [-0.2, 0) is 4.74 Å². The quantitative estimate of drug-likeness (QED) is 0.303. The Bertz CT molecular complexity index is 557. The molecule has 5 heteroatoms. The molecule has 0 fully saturated rings. The van der Waals surface area contributed by atoms with Crippen LogP contribution in [0.3, 0.4) is 0 Å². The molecule has 1 aliphatic heterocycles. The normalized spacial score (nSPS) is 16.0. The monoisotopic (exact) mass is 443 g/mol. The van der Waals surface area contributed by atoms with Crippen molar-refractivity contribution < 1.29 is 4.74 Å². The maximum Gasteiger partial charge on any atom is 0.191 e. The Hall–Kier alpha value is -1.08. The number of hydrogen-bond acceptors (Lipinski definition) is 2. The fraction of sp³-hybridized carbons (Fsp3) is 0.526. The van der Waals surface area contributed by atoms with Crippen molar-refractivity contribution in [1.29, 1.82) is 0 Å². The molecule has 1 aromatic carbocycles. The predicted octanol–water partition coefficient (Wildman–Crippen LogP) is 3.97. The lowest BCUT2D eigenvalue weighted by atomic mass is 10.0. The van der Waals surface area contributed by atoms with Crippen LogP contribution in [0.1, 0.15) is 43.9 Å². The number of guanidine groups is 1. The Morgan fingerprint density at radius 3 is 2.79 bits per heavy atom. The van der Waals surface area contributed by atoms with Gasteiger partial charge in [-0.2, -0.15) is 0 Å². The number of benzene rings is 1. The zero-order chi connectivity index (χ0) is 16.5. The third-order valence-electron chi connectivity index (χ3n) is 4.11. The van der Waals surface area contributed by atoms with Gasteiger partial charge >= 0.3 is 0 Å². The lowest BCUT2D eigenvalue weighted by Gasteiger charge is -2.20. The predicted molar refractivity (Wildman–Crippen MR) is 112 cm³/mol. The number of halogens is 1. The minimum atomic E-state index is 0. The number of ether oxygens (including phenoxy) is 1. The molecular weight excluding hydrogens is 413 g/mol. The largest absolute Gasteiger partial charge is 0.377 e. The van der Waals surface area contributed by atoms with Crippen molar-refractivity contribution in [3.05, 3.63) is 47.0 Å². The molecule has 1 heterocycles. The molecule has 1 aromatic rings. The van der Waals surface area contributed by atoms with Crippen molar-refractivity contribution in [1.82, 2.24) is 10.6 Å². The minimum absolute atomic E-state index is 0. The molecule has 0 saturated heterocycles. The van der Waals surface area contributed by atoms with Crippen molar-refractivity contribution in [2.75, 3.05) is 26.3 Å². The van der Waals surface area contributed by atoms with Crippen molar-refractivity contribution >= 4 is 29.9 Å². The van der Waals surface area contributed by atoms with Gasteiger partial charge in [-0.1, -0.05) is 35.9 Å². The van der Waals surface area contributed by atoms with Crippen LogP contribution in [-0.4, -0.2) is 32.3 Å². The summed E-state index contributed by atoms with van der Waals surface area (Å²) in [6, 6.07) is 8.71. The zero-order valence-electron chi connectivity index (χ0n) is 15.0. The number of aryl methyl sites for hydroxylation is 1. The first kappa shape index (κ1) is 21.0. The molecule has 2 rings (SSSR count). The first-order valence-electron chi connectivity index (χ1n) is 8.56. The molecule has 0 saturated carbocycles. The molecule has 0 aromatic heterocycles. The van der Waals surface area contributed by atoms with Crippen molar-refractivity contribution in [3.63, 3.8) is 0 Å². The molecule has 0 radical (unpaired) electrons. The van der Waals surface area contributed by atoms with Crippen molar-refractivity contribution in [2.24, 2.45) is 4.99 Å². The summed E-state index contributed by atoms with van der Waals surface area (Å²) in [6.07, 6.45) is 4.24. The van der Waals surface area contributed by atoms with Gasteiger partial charge in [-0.05, 0) is 44.7 Å². The van der Waals surface area contributed by atoms with Crippen LogP contribution in [0.2, 0.25) is 0 Å². The van der Waals surface area contributed by atoms with Gasteiger partial charge < -0.3 is 15.4 Å². The molecule has 1 atom stereocenters. The summed E-state index contributed by atoms with van der Waals surface area (Å²) < 4.78 is 5.34. The van der Waals surface area contributed by atoms with Gasteiger partial charge in [0.15, 0.2) is 5.96 Å². The van der Waals surface area contributed by atoms with E-state index in [-0.39, 0.29) is 30.0 Å². The molecule has 1 aliphatic rings. The highest BCUT2D eigenvalue weighted by molar-refractivity contribution is 14.0. The summed E-state index contributed by atoms with van der Waals surface area (Å²) in [6.45, 7) is 9.69. The van der Waals surface area contributed by atoms with Gasteiger partial charge in [0.05, 0.1) is 19.3 Å². The van der Waals surface area contributed by atoms with E-state index in [1.807, 2.05) is 0 Å². The maximum atomic E-state index is 5.34. The Morgan fingerprint density at radius 1 is 1.33 bits per heavy atom. The Kier molecular flexibility index (Phi) is 10.0. The molecule has 4 nitrogen and oxygen atoms in total. The van der Waals surface area contributed by atoms with Gasteiger partial charge in [-0.3, -0.25) is 4.99 Å². The number of aliphatic imine (C=N–C) groups is 1. The molecule has 2 N–H and O–H groups in total. The highest BCUT2D eigenvalue weighted by Gasteiger charge is 2.10. The summed E-state index contributed by atoms with van der Waals surface area (Å²) in [7, 11) is 0. The molecule has 24 heavy (non-hydrogen) atoms. The van der Waals surface area contributed by atoms with Gasteiger partial charge in [0.1, 0.15) is 0 Å². The first-order chi connectivity index (χ1) is 11.2. The van der Waals surface area contributed by atoms with E-state index in [0.29, 0.717) is 0 Å². The van der Waals surface area contributed by atoms with Crippen LogP contribution < -0.4 is 10.6 Å². The molecule has 0 spiro atoms.